The molecule has 0 aromatic carbocycles. The Morgan fingerprint density at radius 2 is 2.15 bits per heavy atom. The van der Waals surface area contributed by atoms with Gasteiger partial charge in [0.15, 0.2) is 0 Å². The molecule has 1 heterocycles. The van der Waals surface area contributed by atoms with Crippen LogP contribution in [-0.2, 0) is 14.3 Å². The lowest BCUT2D eigenvalue weighted by atomic mass is 10.2. The van der Waals surface area contributed by atoms with Crippen LogP contribution in [0.5, 0.6) is 0 Å². The van der Waals surface area contributed by atoms with E-state index in [1.54, 1.807) is 0 Å². The maximum absolute atomic E-state index is 11.4. The highest BCUT2D eigenvalue weighted by atomic mass is 16.5. The zero-order valence-corrected chi connectivity index (χ0v) is 11.3. The standard InChI is InChI=1S/C12H19N3O5/c1-2-15-5-6-20-9(8-15)7-13-12(19)14-10(16)3-4-11(17)18/h3-4,9H,2,5-8H2,1H3,(H,17,18)(H2,13,14,16,19)/b4-3+. The maximum atomic E-state index is 11.4. The van der Waals surface area contributed by atoms with Crippen LogP contribution in [-0.4, -0.2) is 66.8 Å². The Morgan fingerprint density at radius 3 is 2.80 bits per heavy atom. The van der Waals surface area contributed by atoms with E-state index >= 15 is 0 Å². The molecule has 0 radical (unpaired) electrons. The van der Waals surface area contributed by atoms with E-state index in [2.05, 4.69) is 17.1 Å². The van der Waals surface area contributed by atoms with Crippen LogP contribution in [0, 0.1) is 0 Å². The van der Waals surface area contributed by atoms with Gasteiger partial charge in [-0.05, 0) is 6.54 Å². The van der Waals surface area contributed by atoms with Gasteiger partial charge in [0, 0.05) is 31.8 Å². The van der Waals surface area contributed by atoms with E-state index in [0.717, 1.165) is 25.7 Å². The molecule has 1 unspecified atom stereocenters. The van der Waals surface area contributed by atoms with Gasteiger partial charge in [-0.1, -0.05) is 6.92 Å². The van der Waals surface area contributed by atoms with Gasteiger partial charge < -0.3 is 15.2 Å². The first-order chi connectivity index (χ1) is 9.51. The van der Waals surface area contributed by atoms with Gasteiger partial charge in [0.25, 0.3) is 5.91 Å². The molecule has 1 fully saturated rings. The summed E-state index contributed by atoms with van der Waals surface area (Å²) >= 11 is 0. The number of hydrogen-bond acceptors (Lipinski definition) is 5. The van der Waals surface area contributed by atoms with Gasteiger partial charge in [-0.2, -0.15) is 0 Å². The minimum atomic E-state index is -1.25. The molecule has 20 heavy (non-hydrogen) atoms. The molecule has 1 aliphatic heterocycles. The molecular formula is C12H19N3O5. The van der Waals surface area contributed by atoms with Crippen molar-refractivity contribution >= 4 is 17.9 Å². The number of hydrogen-bond donors (Lipinski definition) is 3. The van der Waals surface area contributed by atoms with Crippen LogP contribution in [0.1, 0.15) is 6.92 Å². The van der Waals surface area contributed by atoms with E-state index in [0.29, 0.717) is 12.7 Å². The third kappa shape index (κ3) is 6.30. The van der Waals surface area contributed by atoms with Gasteiger partial charge >= 0.3 is 12.0 Å². The SMILES string of the molecule is CCN1CCOC(CNC(=O)NC(=O)/C=C/C(=O)O)C1. The topological polar surface area (TPSA) is 108 Å². The second-order valence-corrected chi connectivity index (χ2v) is 4.26. The average Bonchev–Trinajstić information content (AvgIpc) is 2.43. The number of carboxylic acid groups (broad SMARTS) is 1. The Hall–Kier alpha value is -1.93. The first-order valence-electron chi connectivity index (χ1n) is 6.35. The van der Waals surface area contributed by atoms with Crippen LogP contribution < -0.4 is 10.6 Å². The van der Waals surface area contributed by atoms with Crippen LogP contribution in [0.3, 0.4) is 0 Å². The summed E-state index contributed by atoms with van der Waals surface area (Å²) in [7, 11) is 0. The van der Waals surface area contributed by atoms with Gasteiger partial charge in [-0.3, -0.25) is 15.0 Å². The molecule has 0 spiro atoms. The Bertz CT molecular complexity index is 397. The van der Waals surface area contributed by atoms with Crippen LogP contribution >= 0.6 is 0 Å². The first-order valence-corrected chi connectivity index (χ1v) is 6.35. The predicted octanol–water partition coefficient (Wildman–Crippen LogP) is -0.826. The summed E-state index contributed by atoms with van der Waals surface area (Å²) in [6.07, 6.45) is 1.32. The van der Waals surface area contributed by atoms with Crippen LogP contribution in [0.2, 0.25) is 0 Å². The van der Waals surface area contributed by atoms with Crippen molar-refractivity contribution < 1.29 is 24.2 Å². The fraction of sp³-hybridized carbons (Fsp3) is 0.583. The van der Waals surface area contributed by atoms with E-state index in [4.69, 9.17) is 9.84 Å². The molecule has 0 saturated carbocycles. The molecule has 8 heteroatoms. The third-order valence-electron chi connectivity index (χ3n) is 2.77. The summed E-state index contributed by atoms with van der Waals surface area (Å²) in [6.45, 7) is 5.47. The number of aliphatic carboxylic acids is 1. The number of nitrogens with one attached hydrogen (secondary N) is 2. The van der Waals surface area contributed by atoms with E-state index < -0.39 is 17.9 Å². The van der Waals surface area contributed by atoms with Crippen LogP contribution in [0.15, 0.2) is 12.2 Å². The quantitative estimate of drug-likeness (QED) is 0.569. The molecule has 8 nitrogen and oxygen atoms in total. The lowest BCUT2D eigenvalue weighted by Gasteiger charge is -2.32. The molecule has 1 atom stereocenters. The lowest BCUT2D eigenvalue weighted by Crippen LogP contribution is -2.49. The van der Waals surface area contributed by atoms with Gasteiger partial charge in [0.2, 0.25) is 0 Å². The van der Waals surface area contributed by atoms with Crippen molar-refractivity contribution in [3.63, 3.8) is 0 Å². The van der Waals surface area contributed by atoms with Crippen molar-refractivity contribution in [3.05, 3.63) is 12.2 Å². The highest BCUT2D eigenvalue weighted by molar-refractivity contribution is 6.02. The van der Waals surface area contributed by atoms with Gasteiger partial charge in [-0.25, -0.2) is 9.59 Å². The number of urea groups is 1. The van der Waals surface area contributed by atoms with Crippen molar-refractivity contribution in [1.82, 2.24) is 15.5 Å². The summed E-state index contributed by atoms with van der Waals surface area (Å²) in [5, 5.41) is 12.8. The van der Waals surface area contributed by atoms with E-state index in [1.807, 2.05) is 5.32 Å². The fourth-order valence-corrected chi connectivity index (χ4v) is 1.74. The van der Waals surface area contributed by atoms with Crippen molar-refractivity contribution in [3.8, 4) is 0 Å². The summed E-state index contributed by atoms with van der Waals surface area (Å²) in [5.74, 6) is -2.04. The second kappa shape index (κ2) is 8.28. The fourth-order valence-electron chi connectivity index (χ4n) is 1.74. The molecule has 1 rings (SSSR count). The highest BCUT2D eigenvalue weighted by Crippen LogP contribution is 2.03. The number of rotatable bonds is 5. The number of nitrogens with zero attached hydrogens (tertiary/aromatic N) is 1. The number of ether oxygens (including phenoxy) is 1. The Morgan fingerprint density at radius 1 is 1.40 bits per heavy atom. The van der Waals surface area contributed by atoms with Crippen molar-refractivity contribution in [2.75, 3.05) is 32.8 Å². The molecule has 0 aromatic heterocycles. The predicted molar refractivity (Wildman–Crippen MR) is 70.2 cm³/mol. The maximum Gasteiger partial charge on any atom is 0.328 e. The molecule has 112 valence electrons. The van der Waals surface area contributed by atoms with Gasteiger partial charge in [0.1, 0.15) is 0 Å². The third-order valence-corrected chi connectivity index (χ3v) is 2.77. The highest BCUT2D eigenvalue weighted by Gasteiger charge is 2.19. The molecule has 0 aromatic rings. The monoisotopic (exact) mass is 285 g/mol. The van der Waals surface area contributed by atoms with E-state index in [-0.39, 0.29) is 12.6 Å². The summed E-state index contributed by atoms with van der Waals surface area (Å²) in [5.41, 5.74) is 0. The normalized spacial score (nSPS) is 19.8. The van der Waals surface area contributed by atoms with E-state index in [9.17, 15) is 14.4 Å². The summed E-state index contributed by atoms with van der Waals surface area (Å²) < 4.78 is 5.48. The minimum Gasteiger partial charge on any atom is -0.478 e. The average molecular weight is 285 g/mol. The van der Waals surface area contributed by atoms with Crippen molar-refractivity contribution in [2.45, 2.75) is 13.0 Å². The number of carbonyl (C=O) groups is 3. The second-order valence-electron chi connectivity index (χ2n) is 4.26. The summed E-state index contributed by atoms with van der Waals surface area (Å²) in [4.78, 5) is 34.9. The lowest BCUT2D eigenvalue weighted by molar-refractivity contribution is -0.131. The summed E-state index contributed by atoms with van der Waals surface area (Å²) in [6, 6.07) is -0.678. The molecule has 1 saturated heterocycles. The number of morpholine rings is 1. The number of carbonyl (C=O) groups excluding carboxylic acids is 2. The minimum absolute atomic E-state index is 0.112. The zero-order valence-electron chi connectivity index (χ0n) is 11.3. The Labute approximate surface area is 116 Å². The molecule has 3 amide bonds. The molecule has 0 bridgehead atoms. The molecule has 0 aliphatic carbocycles. The number of carboxylic acids is 1. The van der Waals surface area contributed by atoms with Gasteiger partial charge in [0.05, 0.1) is 12.7 Å². The number of imide groups is 1. The van der Waals surface area contributed by atoms with Crippen LogP contribution in [0.4, 0.5) is 4.79 Å². The number of likely N-dealkylation sites (N-methyl/N-ethyl adjacent to an activating group) is 1. The first kappa shape index (κ1) is 16.1. The van der Waals surface area contributed by atoms with Crippen molar-refractivity contribution in [2.24, 2.45) is 0 Å². The largest absolute Gasteiger partial charge is 0.478 e. The molecule has 3 N–H and O–H groups in total. The zero-order chi connectivity index (χ0) is 15.0. The Kier molecular flexibility index (Phi) is 6.68. The number of amides is 3. The smallest absolute Gasteiger partial charge is 0.328 e. The van der Waals surface area contributed by atoms with E-state index in [1.165, 1.54) is 0 Å². The molecule has 1 aliphatic rings. The molecular weight excluding hydrogens is 266 g/mol. The Balaban J connectivity index is 2.25. The van der Waals surface area contributed by atoms with Crippen LogP contribution in [0.25, 0.3) is 0 Å². The van der Waals surface area contributed by atoms with Crippen molar-refractivity contribution in [1.29, 1.82) is 0 Å². The van der Waals surface area contributed by atoms with Gasteiger partial charge in [-0.15, -0.1) is 0 Å².